The summed E-state index contributed by atoms with van der Waals surface area (Å²) >= 11 is 17.7. The second kappa shape index (κ2) is 7.98. The molecule has 0 unspecified atom stereocenters. The number of rotatable bonds is 0. The third-order valence-corrected chi connectivity index (χ3v) is 1.000. The standard InChI is InChI=1S/2C2Cl2F2/c3-1(5)2(4)6;3-1(4)2(5)6/b2-1-;. The lowest BCUT2D eigenvalue weighted by Crippen LogP contribution is -1.52. The first-order chi connectivity index (χ1) is 5.29. The lowest BCUT2D eigenvalue weighted by Gasteiger charge is -1.72. The highest BCUT2D eigenvalue weighted by Crippen LogP contribution is 2.15. The number of hydrogen-bond donors (Lipinski definition) is 0. The molecule has 0 aromatic heterocycles. The maximum Gasteiger partial charge on any atom is 0.300 e. The molecule has 0 fully saturated rings. The predicted octanol–water partition coefficient (Wildman–Crippen LogP) is 5.06. The van der Waals surface area contributed by atoms with Gasteiger partial charge in [0, 0.05) is 0 Å². The lowest BCUT2D eigenvalue weighted by molar-refractivity contribution is 0.421. The summed E-state index contributed by atoms with van der Waals surface area (Å²) in [6.45, 7) is 0. The van der Waals surface area contributed by atoms with E-state index in [0.29, 0.717) is 0 Å². The molecule has 0 amide bonds. The molecule has 0 rings (SSSR count). The van der Waals surface area contributed by atoms with Gasteiger partial charge in [-0.2, -0.15) is 17.6 Å². The Morgan fingerprint density at radius 3 is 0.833 bits per heavy atom. The molecule has 0 spiro atoms. The highest BCUT2D eigenvalue weighted by Gasteiger charge is 1.93. The Kier molecular flexibility index (Phi) is 9.88. The lowest BCUT2D eigenvalue weighted by atomic mass is 11.1. The Bertz CT molecular complexity index is 141. The van der Waals surface area contributed by atoms with E-state index in [4.69, 9.17) is 0 Å². The van der Waals surface area contributed by atoms with Crippen molar-refractivity contribution in [3.8, 4) is 0 Å². The van der Waals surface area contributed by atoms with Crippen LogP contribution in [0.1, 0.15) is 0 Å². The van der Waals surface area contributed by atoms with E-state index in [1.54, 1.807) is 0 Å². The minimum absolute atomic E-state index is 0.963. The second-order valence-corrected chi connectivity index (χ2v) is 2.65. The summed E-state index contributed by atoms with van der Waals surface area (Å²) in [5, 5.41) is -3.01. The van der Waals surface area contributed by atoms with E-state index in [1.807, 2.05) is 0 Å². The normalized spacial score (nSPS) is 11.0. The molecule has 0 radical (unpaired) electrons. The van der Waals surface area contributed by atoms with Crippen molar-refractivity contribution in [1.29, 1.82) is 0 Å². The van der Waals surface area contributed by atoms with Gasteiger partial charge in [0.2, 0.25) is 10.6 Å². The molecule has 0 aliphatic rings. The molecular weight excluding hydrogens is 266 g/mol. The summed E-state index contributed by atoms with van der Waals surface area (Å²) in [4.78, 5) is 0. The molecule has 0 bridgehead atoms. The van der Waals surface area contributed by atoms with Crippen LogP contribution in [0.3, 0.4) is 0 Å². The molecule has 0 nitrogen and oxygen atoms in total. The number of hydrogen-bond acceptors (Lipinski definition) is 0. The Balaban J connectivity index is 0. The SMILES string of the molecule is F/C(Cl)=C(\F)Cl.FC(F)=C(Cl)Cl. The molecule has 0 aliphatic heterocycles. The van der Waals surface area contributed by atoms with Gasteiger partial charge in [0.1, 0.15) is 0 Å². The monoisotopic (exact) mass is 264 g/mol. The Morgan fingerprint density at radius 2 is 0.833 bits per heavy atom. The van der Waals surface area contributed by atoms with Crippen molar-refractivity contribution in [3.05, 3.63) is 21.1 Å². The van der Waals surface area contributed by atoms with Crippen LogP contribution in [-0.4, -0.2) is 0 Å². The van der Waals surface area contributed by atoms with Gasteiger partial charge < -0.3 is 0 Å². The van der Waals surface area contributed by atoms with Crippen LogP contribution >= 0.6 is 46.4 Å². The molecule has 0 aromatic carbocycles. The maximum atomic E-state index is 11.0. The van der Waals surface area contributed by atoms with Crippen LogP contribution in [-0.2, 0) is 0 Å². The third-order valence-electron chi connectivity index (χ3n) is 0.286. The van der Waals surface area contributed by atoms with Gasteiger partial charge >= 0.3 is 0 Å². The molecule has 0 aromatic rings. The van der Waals surface area contributed by atoms with Gasteiger partial charge in [-0.25, -0.2) is 0 Å². The first-order valence-electron chi connectivity index (χ1n) is 2.01. The average Bonchev–Trinajstić information content (AvgIpc) is 1.88. The highest BCUT2D eigenvalue weighted by atomic mass is 35.5. The van der Waals surface area contributed by atoms with Crippen LogP contribution in [0.2, 0.25) is 0 Å². The Morgan fingerprint density at radius 1 is 0.667 bits per heavy atom. The zero-order valence-corrected chi connectivity index (χ0v) is 8.05. The van der Waals surface area contributed by atoms with Crippen molar-refractivity contribution >= 4 is 46.4 Å². The molecule has 0 saturated heterocycles. The van der Waals surface area contributed by atoms with Crippen LogP contribution in [0.15, 0.2) is 21.1 Å². The first-order valence-corrected chi connectivity index (χ1v) is 3.52. The quantitative estimate of drug-likeness (QED) is 0.537. The summed E-state index contributed by atoms with van der Waals surface area (Å²) in [6, 6.07) is 0. The van der Waals surface area contributed by atoms with Gasteiger partial charge in [0.25, 0.3) is 6.08 Å². The van der Waals surface area contributed by atoms with E-state index < -0.39 is 21.1 Å². The molecule has 12 heavy (non-hydrogen) atoms. The van der Waals surface area contributed by atoms with Crippen molar-refractivity contribution in [2.45, 2.75) is 0 Å². The Hall–Kier alpha value is 0.360. The van der Waals surface area contributed by atoms with Crippen molar-refractivity contribution < 1.29 is 17.6 Å². The molecule has 0 aliphatic carbocycles. The highest BCUT2D eigenvalue weighted by molar-refractivity contribution is 6.56. The molecule has 0 atom stereocenters. The second-order valence-electron chi connectivity index (χ2n) is 1.04. The van der Waals surface area contributed by atoms with E-state index in [1.165, 1.54) is 0 Å². The van der Waals surface area contributed by atoms with Gasteiger partial charge in [-0.3, -0.25) is 0 Å². The van der Waals surface area contributed by atoms with E-state index in [9.17, 15) is 17.6 Å². The topological polar surface area (TPSA) is 0 Å². The minimum atomic E-state index is -2.04. The fraction of sp³-hybridized carbons (Fsp3) is 0. The summed E-state index contributed by atoms with van der Waals surface area (Å²) in [7, 11) is 0. The van der Waals surface area contributed by atoms with E-state index in [0.717, 1.165) is 0 Å². The van der Waals surface area contributed by atoms with Crippen molar-refractivity contribution in [2.24, 2.45) is 0 Å². The van der Waals surface area contributed by atoms with Crippen molar-refractivity contribution in [2.75, 3.05) is 0 Å². The maximum absolute atomic E-state index is 11.0. The van der Waals surface area contributed by atoms with Gasteiger partial charge in [0.05, 0.1) is 0 Å². The molecule has 0 heterocycles. The fourth-order valence-electron chi connectivity index (χ4n) is 0. The molecular formula is C4Cl4F4. The Labute approximate surface area is 85.3 Å². The van der Waals surface area contributed by atoms with E-state index in [-0.39, 0.29) is 0 Å². The van der Waals surface area contributed by atoms with Crippen LogP contribution < -0.4 is 0 Å². The molecule has 0 saturated carbocycles. The van der Waals surface area contributed by atoms with Crippen LogP contribution in [0, 0.1) is 0 Å². The van der Waals surface area contributed by atoms with Gasteiger partial charge in [-0.05, 0) is 23.2 Å². The fourth-order valence-corrected chi connectivity index (χ4v) is 0. The largest absolute Gasteiger partial charge is 0.300 e. The zero-order chi connectivity index (χ0) is 10.3. The molecule has 8 heteroatoms. The number of halogens is 8. The summed E-state index contributed by atoms with van der Waals surface area (Å²) in [5.74, 6) is 0. The first kappa shape index (κ1) is 14.9. The van der Waals surface area contributed by atoms with Gasteiger partial charge in [-0.1, -0.05) is 23.2 Å². The minimum Gasteiger partial charge on any atom is -0.189 e. The van der Waals surface area contributed by atoms with Crippen molar-refractivity contribution in [3.63, 3.8) is 0 Å². The van der Waals surface area contributed by atoms with E-state index >= 15 is 0 Å². The third kappa shape index (κ3) is 13.0. The summed E-state index contributed by atoms with van der Waals surface area (Å²) in [6.07, 6.45) is -2.04. The molecule has 72 valence electrons. The summed E-state index contributed by atoms with van der Waals surface area (Å²) in [5.41, 5.74) is 0. The van der Waals surface area contributed by atoms with Crippen molar-refractivity contribution in [1.82, 2.24) is 0 Å². The van der Waals surface area contributed by atoms with Crippen LogP contribution in [0.4, 0.5) is 17.6 Å². The van der Waals surface area contributed by atoms with Crippen LogP contribution in [0.5, 0.6) is 0 Å². The average molecular weight is 266 g/mol. The summed E-state index contributed by atoms with van der Waals surface area (Å²) < 4.78 is 42.5. The van der Waals surface area contributed by atoms with Crippen LogP contribution in [0.25, 0.3) is 0 Å². The smallest absolute Gasteiger partial charge is 0.189 e. The van der Waals surface area contributed by atoms with E-state index in [2.05, 4.69) is 46.4 Å². The molecule has 0 N–H and O–H groups in total. The van der Waals surface area contributed by atoms with Gasteiger partial charge in [-0.15, -0.1) is 0 Å². The predicted molar refractivity (Wildman–Crippen MR) is 41.9 cm³/mol. The zero-order valence-electron chi connectivity index (χ0n) is 5.02. The van der Waals surface area contributed by atoms with Gasteiger partial charge in [0.15, 0.2) is 4.49 Å².